The van der Waals surface area contributed by atoms with Crippen molar-refractivity contribution in [2.24, 2.45) is 0 Å². The maximum Gasteiger partial charge on any atom is 0.379 e. The molecule has 0 aliphatic carbocycles. The number of halogens is 4. The number of aliphatic carboxylic acids is 1. The van der Waals surface area contributed by atoms with Crippen LogP contribution < -0.4 is 0 Å². The summed E-state index contributed by atoms with van der Waals surface area (Å²) in [4.78, 5) is 10.2. The Morgan fingerprint density at radius 3 is 2.43 bits per heavy atom. The lowest BCUT2D eigenvalue weighted by molar-refractivity contribution is -0.166. The second kappa shape index (κ2) is 3.49. The van der Waals surface area contributed by atoms with Gasteiger partial charge in [0.1, 0.15) is 5.82 Å². The van der Waals surface area contributed by atoms with E-state index in [1.54, 1.807) is 0 Å². The fourth-order valence-corrected chi connectivity index (χ4v) is 1.19. The van der Waals surface area contributed by atoms with Crippen molar-refractivity contribution in [3.63, 3.8) is 0 Å². The first kappa shape index (κ1) is 10.8. The van der Waals surface area contributed by atoms with Gasteiger partial charge in [0.05, 0.1) is 10.6 Å². The lowest BCUT2D eigenvalue weighted by atomic mass is 10.1. The molecule has 2 nitrogen and oxygen atoms in total. The Kier molecular flexibility index (Phi) is 2.71. The molecule has 1 rings (SSSR count). The van der Waals surface area contributed by atoms with Gasteiger partial charge in [0, 0.05) is 0 Å². The molecular formula is C8H4ClF3O2. The van der Waals surface area contributed by atoms with Crippen LogP contribution in [0.5, 0.6) is 0 Å². The van der Waals surface area contributed by atoms with E-state index in [0.29, 0.717) is 0 Å². The minimum atomic E-state index is -4.32. The molecule has 0 amide bonds. The molecule has 0 fully saturated rings. The van der Waals surface area contributed by atoms with E-state index in [1.165, 1.54) is 0 Å². The summed E-state index contributed by atoms with van der Waals surface area (Å²) < 4.78 is 38.6. The Hall–Kier alpha value is -1.23. The molecule has 0 radical (unpaired) electrons. The molecule has 0 unspecified atom stereocenters. The Morgan fingerprint density at radius 2 is 2.00 bits per heavy atom. The molecule has 0 aromatic heterocycles. The number of hydrogen-bond donors (Lipinski definition) is 1. The summed E-state index contributed by atoms with van der Waals surface area (Å²) in [6, 6.07) is 2.83. The van der Waals surface area contributed by atoms with Crippen molar-refractivity contribution in [3.8, 4) is 0 Å². The molecule has 1 N–H and O–H groups in total. The van der Waals surface area contributed by atoms with Crippen molar-refractivity contribution in [1.82, 2.24) is 0 Å². The molecule has 6 heteroatoms. The summed E-state index contributed by atoms with van der Waals surface area (Å²) in [6.07, 6.45) is 0. The highest BCUT2D eigenvalue weighted by Gasteiger charge is 2.45. The summed E-state index contributed by atoms with van der Waals surface area (Å²) in [7, 11) is 0. The fourth-order valence-electron chi connectivity index (χ4n) is 0.905. The molecule has 0 bridgehead atoms. The zero-order valence-corrected chi connectivity index (χ0v) is 7.36. The van der Waals surface area contributed by atoms with Crippen LogP contribution in [0.2, 0.25) is 5.02 Å². The van der Waals surface area contributed by atoms with Gasteiger partial charge in [0.2, 0.25) is 0 Å². The quantitative estimate of drug-likeness (QED) is 0.839. The number of carboxylic acid groups (broad SMARTS) is 1. The summed E-state index contributed by atoms with van der Waals surface area (Å²) in [5.74, 6) is -8.10. The van der Waals surface area contributed by atoms with Crippen LogP contribution in [0.15, 0.2) is 18.2 Å². The van der Waals surface area contributed by atoms with Crippen molar-refractivity contribution in [2.45, 2.75) is 5.92 Å². The molecule has 0 aliphatic rings. The van der Waals surface area contributed by atoms with Gasteiger partial charge in [-0.3, -0.25) is 0 Å². The van der Waals surface area contributed by atoms with Crippen LogP contribution in [0, 0.1) is 5.82 Å². The third kappa shape index (κ3) is 1.68. The van der Waals surface area contributed by atoms with Gasteiger partial charge in [-0.25, -0.2) is 9.18 Å². The molecule has 0 atom stereocenters. The molecule has 14 heavy (non-hydrogen) atoms. The molecule has 0 saturated heterocycles. The van der Waals surface area contributed by atoms with E-state index >= 15 is 0 Å². The molecule has 1 aromatic carbocycles. The fraction of sp³-hybridized carbons (Fsp3) is 0.125. The first-order valence-electron chi connectivity index (χ1n) is 3.43. The standard InChI is InChI=1S/C8H4ClF3O2/c9-4-2-1-3-5(10)6(4)8(11,12)7(13)14/h1-3H,(H,13,14). The van der Waals surface area contributed by atoms with Crippen LogP contribution in [0.25, 0.3) is 0 Å². The Morgan fingerprint density at radius 1 is 1.43 bits per heavy atom. The van der Waals surface area contributed by atoms with Crippen molar-refractivity contribution in [2.75, 3.05) is 0 Å². The second-order valence-electron chi connectivity index (χ2n) is 2.48. The van der Waals surface area contributed by atoms with Crippen LogP contribution in [0.1, 0.15) is 5.56 Å². The van der Waals surface area contributed by atoms with Gasteiger partial charge in [0.25, 0.3) is 0 Å². The van der Waals surface area contributed by atoms with E-state index in [0.717, 1.165) is 18.2 Å². The van der Waals surface area contributed by atoms with Gasteiger partial charge < -0.3 is 5.11 Å². The van der Waals surface area contributed by atoms with E-state index in [2.05, 4.69) is 0 Å². The maximum atomic E-state index is 12.9. The smallest absolute Gasteiger partial charge is 0.379 e. The number of hydrogen-bond acceptors (Lipinski definition) is 1. The molecule has 0 spiro atoms. The molecule has 76 valence electrons. The maximum absolute atomic E-state index is 12.9. The lowest BCUT2D eigenvalue weighted by Crippen LogP contribution is -2.27. The van der Waals surface area contributed by atoms with E-state index in [-0.39, 0.29) is 0 Å². The number of benzene rings is 1. The van der Waals surface area contributed by atoms with Crippen molar-refractivity contribution >= 4 is 17.6 Å². The van der Waals surface area contributed by atoms with Gasteiger partial charge in [-0.05, 0) is 12.1 Å². The molecule has 0 saturated carbocycles. The number of rotatable bonds is 2. The number of carboxylic acids is 1. The highest BCUT2D eigenvalue weighted by molar-refractivity contribution is 6.31. The minimum absolute atomic E-state index is 0.614. The Balaban J connectivity index is 3.38. The largest absolute Gasteiger partial charge is 0.477 e. The van der Waals surface area contributed by atoms with Crippen molar-refractivity contribution in [3.05, 3.63) is 34.6 Å². The van der Waals surface area contributed by atoms with Crippen LogP contribution in [-0.2, 0) is 10.7 Å². The third-order valence-corrected chi connectivity index (χ3v) is 1.86. The van der Waals surface area contributed by atoms with Gasteiger partial charge >= 0.3 is 11.9 Å². The first-order valence-corrected chi connectivity index (χ1v) is 3.81. The van der Waals surface area contributed by atoms with Gasteiger partial charge in [-0.15, -0.1) is 0 Å². The van der Waals surface area contributed by atoms with Crippen molar-refractivity contribution < 1.29 is 23.1 Å². The van der Waals surface area contributed by atoms with E-state index in [9.17, 15) is 18.0 Å². The van der Waals surface area contributed by atoms with Crippen LogP contribution in [0.3, 0.4) is 0 Å². The minimum Gasteiger partial charge on any atom is -0.477 e. The van der Waals surface area contributed by atoms with Gasteiger partial charge in [0.15, 0.2) is 0 Å². The second-order valence-corrected chi connectivity index (χ2v) is 2.88. The molecule has 1 aromatic rings. The average Bonchev–Trinajstić information content (AvgIpc) is 2.02. The first-order chi connectivity index (χ1) is 6.37. The van der Waals surface area contributed by atoms with Gasteiger partial charge in [-0.2, -0.15) is 8.78 Å². The average molecular weight is 225 g/mol. The Labute approximate surface area is 81.9 Å². The summed E-state index contributed by atoms with van der Waals surface area (Å²) in [5.41, 5.74) is -1.31. The topological polar surface area (TPSA) is 37.3 Å². The molecular weight excluding hydrogens is 221 g/mol. The summed E-state index contributed by atoms with van der Waals surface area (Å²) >= 11 is 5.27. The predicted octanol–water partition coefficient (Wildman–Crippen LogP) is 2.66. The zero-order chi connectivity index (χ0) is 10.9. The third-order valence-electron chi connectivity index (χ3n) is 1.55. The Bertz CT molecular complexity index is 359. The predicted molar refractivity (Wildman–Crippen MR) is 42.9 cm³/mol. The number of alkyl halides is 2. The van der Waals surface area contributed by atoms with E-state index in [4.69, 9.17) is 16.7 Å². The van der Waals surface area contributed by atoms with Crippen LogP contribution >= 0.6 is 11.6 Å². The summed E-state index contributed by atoms with van der Waals surface area (Å²) in [5, 5.41) is 7.55. The molecule has 0 aliphatic heterocycles. The SMILES string of the molecule is O=C(O)C(F)(F)c1c(F)cccc1Cl. The van der Waals surface area contributed by atoms with Crippen LogP contribution in [0.4, 0.5) is 13.2 Å². The van der Waals surface area contributed by atoms with Crippen LogP contribution in [-0.4, -0.2) is 11.1 Å². The number of carbonyl (C=O) groups is 1. The highest BCUT2D eigenvalue weighted by Crippen LogP contribution is 2.35. The monoisotopic (exact) mass is 224 g/mol. The van der Waals surface area contributed by atoms with Crippen molar-refractivity contribution in [1.29, 1.82) is 0 Å². The van der Waals surface area contributed by atoms with E-state index in [1.807, 2.05) is 0 Å². The zero-order valence-electron chi connectivity index (χ0n) is 6.60. The lowest BCUT2D eigenvalue weighted by Gasteiger charge is -2.13. The van der Waals surface area contributed by atoms with Gasteiger partial charge in [-0.1, -0.05) is 17.7 Å². The normalized spacial score (nSPS) is 11.4. The molecule has 0 heterocycles. The summed E-state index contributed by atoms with van der Waals surface area (Å²) in [6.45, 7) is 0. The highest BCUT2D eigenvalue weighted by atomic mass is 35.5. The van der Waals surface area contributed by atoms with E-state index < -0.39 is 28.3 Å².